The van der Waals surface area contributed by atoms with Crippen LogP contribution in [0.1, 0.15) is 31.2 Å². The number of hydrogen-bond acceptors (Lipinski definition) is 2. The fourth-order valence-electron chi connectivity index (χ4n) is 2.70. The summed E-state index contributed by atoms with van der Waals surface area (Å²) < 4.78 is 0. The number of benzene rings is 1. The van der Waals surface area contributed by atoms with Crippen LogP contribution in [0.15, 0.2) is 18.2 Å². The smallest absolute Gasteiger partial charge is 0.0455 e. The first-order chi connectivity index (χ1) is 8.69. The molecule has 1 aromatic rings. The van der Waals surface area contributed by atoms with Gasteiger partial charge in [-0.2, -0.15) is 0 Å². The zero-order chi connectivity index (χ0) is 13.0. The van der Waals surface area contributed by atoms with Crippen molar-refractivity contribution in [1.29, 1.82) is 0 Å². The van der Waals surface area contributed by atoms with Gasteiger partial charge in [0.1, 0.15) is 0 Å². The van der Waals surface area contributed by atoms with Crippen molar-refractivity contribution >= 4 is 17.3 Å². The molecule has 0 radical (unpaired) electrons. The number of anilines is 1. The van der Waals surface area contributed by atoms with Crippen LogP contribution in [0.3, 0.4) is 0 Å². The van der Waals surface area contributed by atoms with Gasteiger partial charge >= 0.3 is 0 Å². The van der Waals surface area contributed by atoms with Crippen molar-refractivity contribution in [2.75, 3.05) is 18.9 Å². The molecule has 0 aliphatic heterocycles. The maximum absolute atomic E-state index is 6.13. The molecule has 0 amide bonds. The van der Waals surface area contributed by atoms with Gasteiger partial charge in [-0.15, -0.1) is 0 Å². The zero-order valence-corrected chi connectivity index (χ0v) is 12.1. The summed E-state index contributed by atoms with van der Waals surface area (Å²) in [5.74, 6) is 0.774. The lowest BCUT2D eigenvalue weighted by molar-refractivity contribution is 0.306. The van der Waals surface area contributed by atoms with E-state index < -0.39 is 0 Å². The van der Waals surface area contributed by atoms with Gasteiger partial charge in [-0.25, -0.2) is 0 Å². The molecule has 1 aliphatic rings. The molecule has 2 unspecified atom stereocenters. The molecule has 0 bridgehead atoms. The lowest BCUT2D eigenvalue weighted by Crippen LogP contribution is -2.33. The van der Waals surface area contributed by atoms with Crippen LogP contribution in [-0.2, 0) is 0 Å². The maximum Gasteiger partial charge on any atom is 0.0455 e. The van der Waals surface area contributed by atoms with Crippen molar-refractivity contribution in [3.05, 3.63) is 28.8 Å². The molecule has 1 saturated carbocycles. The summed E-state index contributed by atoms with van der Waals surface area (Å²) in [5, 5.41) is 7.76. The van der Waals surface area contributed by atoms with Crippen LogP contribution in [0.4, 0.5) is 5.69 Å². The van der Waals surface area contributed by atoms with Crippen LogP contribution in [0.2, 0.25) is 5.02 Å². The summed E-state index contributed by atoms with van der Waals surface area (Å²) in [5.41, 5.74) is 2.27. The molecule has 2 N–H and O–H groups in total. The van der Waals surface area contributed by atoms with E-state index in [1.807, 2.05) is 13.0 Å². The molecule has 3 heteroatoms. The highest BCUT2D eigenvalue weighted by atomic mass is 35.5. The monoisotopic (exact) mass is 266 g/mol. The van der Waals surface area contributed by atoms with E-state index in [1.54, 1.807) is 0 Å². The van der Waals surface area contributed by atoms with Crippen molar-refractivity contribution in [3.8, 4) is 0 Å². The van der Waals surface area contributed by atoms with Crippen LogP contribution in [0.5, 0.6) is 0 Å². The first-order valence-corrected chi connectivity index (χ1v) is 7.24. The Hall–Kier alpha value is -0.730. The average molecular weight is 267 g/mol. The summed E-state index contributed by atoms with van der Waals surface area (Å²) >= 11 is 6.13. The quantitative estimate of drug-likeness (QED) is 0.865. The lowest BCUT2D eigenvalue weighted by atomic mass is 9.85. The number of aryl methyl sites for hydroxylation is 1. The molecule has 0 saturated heterocycles. The Morgan fingerprint density at radius 1 is 1.33 bits per heavy atom. The van der Waals surface area contributed by atoms with Gasteiger partial charge in [-0.05, 0) is 56.8 Å². The predicted octanol–water partition coefficient (Wildman–Crippen LogP) is 3.84. The molecule has 2 atom stereocenters. The molecule has 0 spiro atoms. The Bertz CT molecular complexity index is 392. The number of halogens is 1. The second-order valence-electron chi connectivity index (χ2n) is 5.36. The first kappa shape index (κ1) is 13.7. The highest BCUT2D eigenvalue weighted by Crippen LogP contribution is 2.25. The van der Waals surface area contributed by atoms with Crippen LogP contribution >= 0.6 is 11.6 Å². The third kappa shape index (κ3) is 3.63. The summed E-state index contributed by atoms with van der Waals surface area (Å²) in [7, 11) is 2.07. The highest BCUT2D eigenvalue weighted by molar-refractivity contribution is 6.31. The van der Waals surface area contributed by atoms with Gasteiger partial charge in [0.25, 0.3) is 0 Å². The molecule has 1 aromatic carbocycles. The number of nitrogens with one attached hydrogen (secondary N) is 2. The van der Waals surface area contributed by atoms with Crippen molar-refractivity contribution in [1.82, 2.24) is 5.32 Å². The molecular weight excluding hydrogens is 244 g/mol. The summed E-state index contributed by atoms with van der Waals surface area (Å²) in [4.78, 5) is 0. The topological polar surface area (TPSA) is 24.1 Å². The predicted molar refractivity (Wildman–Crippen MR) is 79.5 cm³/mol. The molecule has 2 nitrogen and oxygen atoms in total. The zero-order valence-electron chi connectivity index (χ0n) is 11.3. The fraction of sp³-hybridized carbons (Fsp3) is 0.600. The van der Waals surface area contributed by atoms with E-state index in [9.17, 15) is 0 Å². The SMILES string of the molecule is CNC1CCCC(CNc2ccc(C)c(Cl)c2)C1. The van der Waals surface area contributed by atoms with E-state index >= 15 is 0 Å². The Morgan fingerprint density at radius 3 is 2.89 bits per heavy atom. The van der Waals surface area contributed by atoms with Gasteiger partial charge in [0, 0.05) is 23.3 Å². The Morgan fingerprint density at radius 2 is 2.17 bits per heavy atom. The summed E-state index contributed by atoms with van der Waals surface area (Å²) in [6.45, 7) is 3.09. The van der Waals surface area contributed by atoms with E-state index in [0.29, 0.717) is 6.04 Å². The molecule has 0 aromatic heterocycles. The minimum Gasteiger partial charge on any atom is -0.385 e. The number of rotatable bonds is 4. The second-order valence-corrected chi connectivity index (χ2v) is 5.77. The largest absolute Gasteiger partial charge is 0.385 e. The third-order valence-corrected chi connectivity index (χ3v) is 4.36. The normalized spacial score (nSPS) is 23.9. The fourth-order valence-corrected chi connectivity index (χ4v) is 2.88. The minimum atomic E-state index is 0.701. The second kappa shape index (κ2) is 6.44. The van der Waals surface area contributed by atoms with Crippen LogP contribution < -0.4 is 10.6 Å². The van der Waals surface area contributed by atoms with Crippen molar-refractivity contribution in [2.24, 2.45) is 5.92 Å². The van der Waals surface area contributed by atoms with Crippen molar-refractivity contribution in [2.45, 2.75) is 38.6 Å². The van der Waals surface area contributed by atoms with Gasteiger partial charge in [0.2, 0.25) is 0 Å². The van der Waals surface area contributed by atoms with Gasteiger partial charge in [0.05, 0.1) is 0 Å². The van der Waals surface area contributed by atoms with Crippen molar-refractivity contribution in [3.63, 3.8) is 0 Å². The van der Waals surface area contributed by atoms with E-state index in [0.717, 1.165) is 28.7 Å². The van der Waals surface area contributed by atoms with Gasteiger partial charge in [0.15, 0.2) is 0 Å². The number of hydrogen-bond donors (Lipinski definition) is 2. The Balaban J connectivity index is 1.85. The standard InChI is InChI=1S/C15H23ClN2/c1-11-6-7-14(9-15(11)16)18-10-12-4-3-5-13(8-12)17-2/h6-7,9,12-13,17-18H,3-5,8,10H2,1-2H3. The summed E-state index contributed by atoms with van der Waals surface area (Å²) in [6, 6.07) is 6.91. The molecule has 1 fully saturated rings. The molecular formula is C15H23ClN2. The van der Waals surface area contributed by atoms with Crippen LogP contribution in [0, 0.1) is 12.8 Å². The third-order valence-electron chi connectivity index (χ3n) is 3.96. The molecule has 18 heavy (non-hydrogen) atoms. The average Bonchev–Trinajstić information content (AvgIpc) is 2.40. The molecule has 0 heterocycles. The van der Waals surface area contributed by atoms with E-state index in [4.69, 9.17) is 11.6 Å². The lowest BCUT2D eigenvalue weighted by Gasteiger charge is -2.29. The van der Waals surface area contributed by atoms with Crippen LogP contribution in [-0.4, -0.2) is 19.6 Å². The molecule has 1 aliphatic carbocycles. The minimum absolute atomic E-state index is 0.701. The maximum atomic E-state index is 6.13. The van der Waals surface area contributed by atoms with E-state index in [1.165, 1.54) is 25.7 Å². The van der Waals surface area contributed by atoms with Gasteiger partial charge in [-0.3, -0.25) is 0 Å². The first-order valence-electron chi connectivity index (χ1n) is 6.86. The van der Waals surface area contributed by atoms with E-state index in [2.05, 4.69) is 29.8 Å². The molecule has 100 valence electrons. The van der Waals surface area contributed by atoms with Crippen molar-refractivity contribution < 1.29 is 0 Å². The van der Waals surface area contributed by atoms with Gasteiger partial charge in [-0.1, -0.05) is 24.1 Å². The van der Waals surface area contributed by atoms with Crippen LogP contribution in [0.25, 0.3) is 0 Å². The Labute approximate surface area is 115 Å². The highest BCUT2D eigenvalue weighted by Gasteiger charge is 2.20. The van der Waals surface area contributed by atoms with E-state index in [-0.39, 0.29) is 0 Å². The van der Waals surface area contributed by atoms with Gasteiger partial charge < -0.3 is 10.6 Å². The molecule has 2 rings (SSSR count). The summed E-state index contributed by atoms with van der Waals surface area (Å²) in [6.07, 6.45) is 5.28. The Kier molecular flexibility index (Phi) is 4.90.